The van der Waals surface area contributed by atoms with Crippen LogP contribution in [0.15, 0.2) is 35.2 Å². The zero-order valence-electron chi connectivity index (χ0n) is 9.90. The second-order valence-corrected chi connectivity index (χ2v) is 6.48. The Hall–Kier alpha value is -0.760. The normalized spacial score (nSPS) is 24.4. The van der Waals surface area contributed by atoms with Crippen molar-refractivity contribution in [1.82, 2.24) is 0 Å². The molecule has 0 saturated heterocycles. The molecule has 0 aromatic heterocycles. The van der Waals surface area contributed by atoms with Crippen molar-refractivity contribution in [2.45, 2.75) is 43.3 Å². The van der Waals surface area contributed by atoms with Crippen molar-refractivity contribution < 1.29 is 4.79 Å². The summed E-state index contributed by atoms with van der Waals surface area (Å²) in [7, 11) is 0. The maximum atomic E-state index is 11.9. The molecule has 1 fully saturated rings. The molecule has 0 heterocycles. The second kappa shape index (κ2) is 4.62. The SMILES string of the molecule is CC1(C)CCC(Sc2ccccc2)CC1=O. The topological polar surface area (TPSA) is 17.1 Å². The fraction of sp³-hybridized carbons (Fsp3) is 0.500. The summed E-state index contributed by atoms with van der Waals surface area (Å²) in [4.78, 5) is 13.2. The predicted octanol–water partition coefficient (Wildman–Crippen LogP) is 3.93. The molecule has 0 amide bonds. The monoisotopic (exact) mass is 234 g/mol. The zero-order chi connectivity index (χ0) is 11.6. The zero-order valence-corrected chi connectivity index (χ0v) is 10.7. The van der Waals surface area contributed by atoms with E-state index in [1.165, 1.54) is 4.90 Å². The molecule has 1 aromatic carbocycles. The summed E-state index contributed by atoms with van der Waals surface area (Å²) >= 11 is 1.85. The summed E-state index contributed by atoms with van der Waals surface area (Å²) in [5.74, 6) is 0.423. The van der Waals surface area contributed by atoms with Crippen molar-refractivity contribution in [3.8, 4) is 0 Å². The van der Waals surface area contributed by atoms with Gasteiger partial charge in [-0.25, -0.2) is 0 Å². The molecule has 1 saturated carbocycles. The van der Waals surface area contributed by atoms with Crippen molar-refractivity contribution in [3.05, 3.63) is 30.3 Å². The fourth-order valence-corrected chi connectivity index (χ4v) is 3.21. The van der Waals surface area contributed by atoms with Crippen molar-refractivity contribution in [2.75, 3.05) is 0 Å². The molecule has 1 atom stereocenters. The number of thioether (sulfide) groups is 1. The van der Waals surface area contributed by atoms with Gasteiger partial charge in [-0.15, -0.1) is 11.8 Å². The van der Waals surface area contributed by atoms with Crippen LogP contribution in [0.25, 0.3) is 0 Å². The number of benzene rings is 1. The van der Waals surface area contributed by atoms with E-state index >= 15 is 0 Å². The Bertz CT molecular complexity index is 370. The molecule has 0 aliphatic heterocycles. The van der Waals surface area contributed by atoms with Crippen LogP contribution in [-0.2, 0) is 4.79 Å². The second-order valence-electron chi connectivity index (χ2n) is 5.10. The molecule has 2 rings (SSSR count). The number of hydrogen-bond acceptors (Lipinski definition) is 2. The van der Waals surface area contributed by atoms with Crippen LogP contribution in [0.4, 0.5) is 0 Å². The van der Waals surface area contributed by atoms with E-state index in [9.17, 15) is 4.79 Å². The van der Waals surface area contributed by atoms with Crippen LogP contribution in [-0.4, -0.2) is 11.0 Å². The lowest BCUT2D eigenvalue weighted by Gasteiger charge is -2.32. The molecular formula is C14H18OS. The van der Waals surface area contributed by atoms with E-state index in [0.29, 0.717) is 11.0 Å². The lowest BCUT2D eigenvalue weighted by molar-refractivity contribution is -0.129. The van der Waals surface area contributed by atoms with Crippen molar-refractivity contribution in [2.24, 2.45) is 5.41 Å². The maximum Gasteiger partial charge on any atom is 0.139 e. The Morgan fingerprint density at radius 2 is 1.94 bits per heavy atom. The molecule has 1 aromatic rings. The molecule has 2 heteroatoms. The van der Waals surface area contributed by atoms with E-state index in [0.717, 1.165) is 19.3 Å². The van der Waals surface area contributed by atoms with Crippen LogP contribution in [0.1, 0.15) is 33.1 Å². The number of carbonyl (C=O) groups is 1. The van der Waals surface area contributed by atoms with Gasteiger partial charge in [0, 0.05) is 22.0 Å². The van der Waals surface area contributed by atoms with Gasteiger partial charge in [0.1, 0.15) is 5.78 Å². The maximum absolute atomic E-state index is 11.9. The van der Waals surface area contributed by atoms with Gasteiger partial charge in [0.15, 0.2) is 0 Å². The van der Waals surface area contributed by atoms with Crippen LogP contribution in [0, 0.1) is 5.41 Å². The Kier molecular flexibility index (Phi) is 3.38. The summed E-state index contributed by atoms with van der Waals surface area (Å²) in [6, 6.07) is 10.4. The Morgan fingerprint density at radius 1 is 1.25 bits per heavy atom. The summed E-state index contributed by atoms with van der Waals surface area (Å²) in [6.07, 6.45) is 2.90. The third kappa shape index (κ3) is 2.67. The molecule has 1 unspecified atom stereocenters. The Morgan fingerprint density at radius 3 is 2.56 bits per heavy atom. The average molecular weight is 234 g/mol. The van der Waals surface area contributed by atoms with Crippen molar-refractivity contribution >= 4 is 17.5 Å². The van der Waals surface area contributed by atoms with Gasteiger partial charge in [-0.1, -0.05) is 32.0 Å². The van der Waals surface area contributed by atoms with Gasteiger partial charge in [0.25, 0.3) is 0 Å². The van der Waals surface area contributed by atoms with Gasteiger partial charge in [-0.2, -0.15) is 0 Å². The Labute approximate surface area is 102 Å². The van der Waals surface area contributed by atoms with Crippen LogP contribution < -0.4 is 0 Å². The fourth-order valence-electron chi connectivity index (χ4n) is 2.04. The van der Waals surface area contributed by atoms with Crippen molar-refractivity contribution in [1.29, 1.82) is 0 Å². The predicted molar refractivity (Wildman–Crippen MR) is 68.7 cm³/mol. The molecule has 1 nitrogen and oxygen atoms in total. The number of hydrogen-bond donors (Lipinski definition) is 0. The van der Waals surface area contributed by atoms with Gasteiger partial charge < -0.3 is 0 Å². The van der Waals surface area contributed by atoms with E-state index in [2.05, 4.69) is 38.1 Å². The number of ketones is 1. The van der Waals surface area contributed by atoms with Gasteiger partial charge in [0.2, 0.25) is 0 Å². The van der Waals surface area contributed by atoms with Gasteiger partial charge >= 0.3 is 0 Å². The minimum absolute atomic E-state index is 0.0895. The number of Topliss-reactive ketones (excluding diaryl/α,β-unsaturated/α-hetero) is 1. The van der Waals surface area contributed by atoms with E-state index < -0.39 is 0 Å². The van der Waals surface area contributed by atoms with Gasteiger partial charge in [-0.3, -0.25) is 4.79 Å². The quantitative estimate of drug-likeness (QED) is 0.771. The first kappa shape index (κ1) is 11.7. The van der Waals surface area contributed by atoms with Crippen LogP contribution >= 0.6 is 11.8 Å². The van der Waals surface area contributed by atoms with E-state index in [4.69, 9.17) is 0 Å². The first-order chi connectivity index (χ1) is 7.58. The molecule has 0 radical (unpaired) electrons. The molecule has 16 heavy (non-hydrogen) atoms. The van der Waals surface area contributed by atoms with Crippen LogP contribution in [0.2, 0.25) is 0 Å². The molecular weight excluding hydrogens is 216 g/mol. The third-order valence-electron chi connectivity index (χ3n) is 3.31. The number of carbonyl (C=O) groups excluding carboxylic acids is 1. The van der Waals surface area contributed by atoms with Crippen molar-refractivity contribution in [3.63, 3.8) is 0 Å². The highest BCUT2D eigenvalue weighted by Crippen LogP contribution is 2.39. The first-order valence-electron chi connectivity index (χ1n) is 5.83. The summed E-state index contributed by atoms with van der Waals surface area (Å²) < 4.78 is 0. The lowest BCUT2D eigenvalue weighted by atomic mass is 9.76. The smallest absolute Gasteiger partial charge is 0.139 e. The van der Waals surface area contributed by atoms with E-state index in [1.54, 1.807) is 0 Å². The molecule has 0 N–H and O–H groups in total. The number of rotatable bonds is 2. The minimum atomic E-state index is -0.0895. The highest BCUT2D eigenvalue weighted by molar-refractivity contribution is 8.00. The van der Waals surface area contributed by atoms with E-state index in [-0.39, 0.29) is 5.41 Å². The standard InChI is InChI=1S/C14H18OS/c1-14(2)9-8-12(10-13(14)15)16-11-6-4-3-5-7-11/h3-7,12H,8-10H2,1-2H3. The molecule has 0 spiro atoms. The molecule has 1 aliphatic carbocycles. The molecule has 0 bridgehead atoms. The lowest BCUT2D eigenvalue weighted by Crippen LogP contribution is -2.33. The third-order valence-corrected chi connectivity index (χ3v) is 4.59. The molecule has 1 aliphatic rings. The van der Waals surface area contributed by atoms with Gasteiger partial charge in [0.05, 0.1) is 0 Å². The first-order valence-corrected chi connectivity index (χ1v) is 6.71. The summed E-state index contributed by atoms with van der Waals surface area (Å²) in [6.45, 7) is 4.14. The van der Waals surface area contributed by atoms with E-state index in [1.807, 2.05) is 17.8 Å². The highest BCUT2D eigenvalue weighted by atomic mass is 32.2. The summed E-state index contributed by atoms with van der Waals surface area (Å²) in [5.41, 5.74) is -0.0895. The van der Waals surface area contributed by atoms with Crippen LogP contribution in [0.5, 0.6) is 0 Å². The average Bonchev–Trinajstić information content (AvgIpc) is 2.26. The summed E-state index contributed by atoms with van der Waals surface area (Å²) in [5, 5.41) is 0.475. The minimum Gasteiger partial charge on any atom is -0.299 e. The molecule has 86 valence electrons. The van der Waals surface area contributed by atoms with Gasteiger partial charge in [-0.05, 0) is 25.0 Å². The van der Waals surface area contributed by atoms with Crippen LogP contribution in [0.3, 0.4) is 0 Å². The Balaban J connectivity index is 1.97. The largest absolute Gasteiger partial charge is 0.299 e. The highest BCUT2D eigenvalue weighted by Gasteiger charge is 2.34.